The first-order valence-electron chi connectivity index (χ1n) is 6.24. The Kier molecular flexibility index (Phi) is 3.67. The van der Waals surface area contributed by atoms with E-state index >= 15 is 0 Å². The molecule has 0 saturated heterocycles. The van der Waals surface area contributed by atoms with Crippen molar-refractivity contribution in [2.24, 2.45) is 10.8 Å². The Morgan fingerprint density at radius 2 is 2.33 bits per heavy atom. The van der Waals surface area contributed by atoms with Crippen LogP contribution in [0, 0.1) is 0 Å². The first-order chi connectivity index (χ1) is 8.63. The van der Waals surface area contributed by atoms with Crippen LogP contribution in [0.2, 0.25) is 0 Å². The van der Waals surface area contributed by atoms with Gasteiger partial charge in [0.2, 0.25) is 0 Å². The van der Waals surface area contributed by atoms with E-state index in [0.717, 1.165) is 34.7 Å². The van der Waals surface area contributed by atoms with Crippen LogP contribution in [0.5, 0.6) is 0 Å². The summed E-state index contributed by atoms with van der Waals surface area (Å²) in [5.41, 5.74) is 10.1. The molecular weight excluding hydrogens is 226 g/mol. The Morgan fingerprint density at radius 1 is 1.56 bits per heavy atom. The molecule has 0 aromatic carbocycles. The Balaban J connectivity index is 2.25. The van der Waals surface area contributed by atoms with Crippen molar-refractivity contribution in [3.63, 3.8) is 0 Å². The van der Waals surface area contributed by atoms with E-state index in [4.69, 9.17) is 10.5 Å². The predicted molar refractivity (Wildman–Crippen MR) is 72.5 cm³/mol. The first kappa shape index (κ1) is 12.6. The number of nitrogens with two attached hydrogens (primary N) is 1. The molecule has 0 bridgehead atoms. The zero-order valence-electron chi connectivity index (χ0n) is 11.0. The second-order valence-corrected chi connectivity index (χ2v) is 4.62. The zero-order chi connectivity index (χ0) is 13.1. The number of allylic oxidation sites excluding steroid dienone is 4. The number of nitrogens with zero attached hydrogens (tertiary/aromatic N) is 1. The molecule has 1 atom stereocenters. The summed E-state index contributed by atoms with van der Waals surface area (Å²) in [6.07, 6.45) is 7.80. The van der Waals surface area contributed by atoms with Crippen molar-refractivity contribution in [2.75, 3.05) is 6.61 Å². The van der Waals surface area contributed by atoms with Gasteiger partial charge in [0.1, 0.15) is 6.20 Å². The summed E-state index contributed by atoms with van der Waals surface area (Å²) in [5.74, 6) is 0.556. The maximum atomic E-state index is 6.14. The quantitative estimate of drug-likeness (QED) is 0.733. The molecule has 2 rings (SSSR count). The van der Waals surface area contributed by atoms with E-state index < -0.39 is 0 Å². The van der Waals surface area contributed by atoms with Gasteiger partial charge >= 0.3 is 0 Å². The fourth-order valence-corrected chi connectivity index (χ4v) is 2.05. The summed E-state index contributed by atoms with van der Waals surface area (Å²) in [7, 11) is 0. The van der Waals surface area contributed by atoms with Crippen molar-refractivity contribution in [3.05, 3.63) is 47.5 Å². The molecule has 0 fully saturated rings. The first-order valence-corrected chi connectivity index (χ1v) is 6.24. The second-order valence-electron chi connectivity index (χ2n) is 4.62. The van der Waals surface area contributed by atoms with Gasteiger partial charge in [0.25, 0.3) is 5.90 Å². The minimum Gasteiger partial charge on any atom is -0.473 e. The molecule has 2 aliphatic rings. The molecule has 0 spiro atoms. The fraction of sp³-hybridized carbons (Fsp3) is 0.357. The Bertz CT molecular complexity index is 483. The normalized spacial score (nSPS) is 21.6. The van der Waals surface area contributed by atoms with Crippen molar-refractivity contribution in [1.82, 2.24) is 0 Å². The summed E-state index contributed by atoms with van der Waals surface area (Å²) in [5, 5.41) is 5.34. The summed E-state index contributed by atoms with van der Waals surface area (Å²) in [6.45, 7) is 8.67. The standard InChI is InChI=1S/C14H19N3O/c1-4-8-18-14-12(15)13-11(9-10(2)3)6-5-7-17(13)16-14/h5-7H,2,4,8-9,15H2,1,3H3/p+1. The van der Waals surface area contributed by atoms with Crippen LogP contribution in [0.4, 0.5) is 0 Å². The second kappa shape index (κ2) is 5.23. The maximum absolute atomic E-state index is 6.14. The minimum atomic E-state index is 0.556. The molecule has 3 N–H and O–H groups in total. The van der Waals surface area contributed by atoms with Crippen molar-refractivity contribution in [3.8, 4) is 0 Å². The molecule has 4 nitrogen and oxygen atoms in total. The predicted octanol–water partition coefficient (Wildman–Crippen LogP) is 1.22. The SMILES string of the molecule is C=C(C)CC1=CC=C[NH+]2N=C(OCCC)C(N)=C12. The van der Waals surface area contributed by atoms with E-state index in [2.05, 4.69) is 24.7 Å². The van der Waals surface area contributed by atoms with Gasteiger partial charge in [0, 0.05) is 5.57 Å². The van der Waals surface area contributed by atoms with Gasteiger partial charge in [-0.3, -0.25) is 0 Å². The van der Waals surface area contributed by atoms with Crippen LogP contribution in [0.15, 0.2) is 52.6 Å². The molecule has 2 aliphatic heterocycles. The summed E-state index contributed by atoms with van der Waals surface area (Å²) in [4.78, 5) is 0. The number of nitrogens with one attached hydrogen (secondary N) is 1. The van der Waals surface area contributed by atoms with E-state index in [1.807, 2.05) is 19.2 Å². The molecule has 96 valence electrons. The number of quaternary nitrogens is 1. The average molecular weight is 246 g/mol. The lowest BCUT2D eigenvalue weighted by atomic mass is 10.0. The van der Waals surface area contributed by atoms with E-state index in [0.29, 0.717) is 18.2 Å². The Hall–Kier alpha value is -1.81. The highest BCUT2D eigenvalue weighted by Gasteiger charge is 2.34. The Morgan fingerprint density at radius 3 is 3.00 bits per heavy atom. The monoisotopic (exact) mass is 246 g/mol. The van der Waals surface area contributed by atoms with E-state index in [-0.39, 0.29) is 0 Å². The molecule has 0 aromatic rings. The number of rotatable bonds is 4. The summed E-state index contributed by atoms with van der Waals surface area (Å²) in [6, 6.07) is 0. The molecule has 2 heterocycles. The van der Waals surface area contributed by atoms with E-state index in [1.54, 1.807) is 0 Å². The van der Waals surface area contributed by atoms with Gasteiger partial charge in [0.05, 0.1) is 6.61 Å². The fourth-order valence-electron chi connectivity index (χ4n) is 2.05. The lowest BCUT2D eigenvalue weighted by Gasteiger charge is -2.13. The van der Waals surface area contributed by atoms with Crippen molar-refractivity contribution >= 4 is 5.90 Å². The van der Waals surface area contributed by atoms with Crippen molar-refractivity contribution in [2.45, 2.75) is 26.7 Å². The van der Waals surface area contributed by atoms with Crippen LogP contribution >= 0.6 is 0 Å². The minimum absolute atomic E-state index is 0.556. The number of fused-ring (bicyclic) bond motifs is 1. The largest absolute Gasteiger partial charge is 0.473 e. The van der Waals surface area contributed by atoms with Crippen LogP contribution in [0.1, 0.15) is 26.7 Å². The van der Waals surface area contributed by atoms with Crippen LogP contribution in [-0.2, 0) is 4.74 Å². The molecule has 0 radical (unpaired) electrons. The zero-order valence-corrected chi connectivity index (χ0v) is 11.0. The highest BCUT2D eigenvalue weighted by Crippen LogP contribution is 2.21. The number of hydrogen-bond donors (Lipinski definition) is 2. The Labute approximate surface area is 108 Å². The average Bonchev–Trinajstić information content (AvgIpc) is 2.64. The molecule has 1 unspecified atom stereocenters. The van der Waals surface area contributed by atoms with Gasteiger partial charge in [0.15, 0.2) is 11.4 Å². The third-order valence-electron chi connectivity index (χ3n) is 2.79. The number of hydrogen-bond acceptors (Lipinski definition) is 3. The van der Waals surface area contributed by atoms with Gasteiger partial charge in [-0.25, -0.2) is 0 Å². The van der Waals surface area contributed by atoms with Crippen LogP contribution < -0.4 is 10.7 Å². The highest BCUT2D eigenvalue weighted by molar-refractivity contribution is 5.94. The summed E-state index contributed by atoms with van der Waals surface area (Å²) >= 11 is 0. The lowest BCUT2D eigenvalue weighted by Crippen LogP contribution is -3.00. The third kappa shape index (κ3) is 2.38. The van der Waals surface area contributed by atoms with Gasteiger partial charge in [-0.15, -0.1) is 5.01 Å². The van der Waals surface area contributed by atoms with Gasteiger partial charge < -0.3 is 10.5 Å². The third-order valence-corrected chi connectivity index (χ3v) is 2.79. The summed E-state index contributed by atoms with van der Waals surface area (Å²) < 4.78 is 5.57. The van der Waals surface area contributed by atoms with E-state index in [1.165, 1.54) is 0 Å². The maximum Gasteiger partial charge on any atom is 0.297 e. The molecular formula is C14H20N3O+. The molecule has 18 heavy (non-hydrogen) atoms. The number of ether oxygens (including phenoxy) is 1. The van der Waals surface area contributed by atoms with Gasteiger partial charge in [-0.05, 0) is 37.0 Å². The topological polar surface area (TPSA) is 52.0 Å². The molecule has 0 saturated carbocycles. The lowest BCUT2D eigenvalue weighted by molar-refractivity contribution is -0.808. The van der Waals surface area contributed by atoms with E-state index in [9.17, 15) is 0 Å². The van der Waals surface area contributed by atoms with Gasteiger partial charge in [-0.1, -0.05) is 19.1 Å². The van der Waals surface area contributed by atoms with Crippen LogP contribution in [0.25, 0.3) is 0 Å². The smallest absolute Gasteiger partial charge is 0.297 e. The molecule has 0 aliphatic carbocycles. The van der Waals surface area contributed by atoms with Crippen molar-refractivity contribution < 1.29 is 9.75 Å². The van der Waals surface area contributed by atoms with Crippen molar-refractivity contribution in [1.29, 1.82) is 0 Å². The van der Waals surface area contributed by atoms with Crippen LogP contribution in [0.3, 0.4) is 0 Å². The molecule has 0 aromatic heterocycles. The molecule has 0 amide bonds. The van der Waals surface area contributed by atoms with Crippen LogP contribution in [-0.4, -0.2) is 12.5 Å². The molecule has 4 heteroatoms. The van der Waals surface area contributed by atoms with Gasteiger partial charge in [-0.2, -0.15) is 0 Å². The highest BCUT2D eigenvalue weighted by atomic mass is 16.5.